The van der Waals surface area contributed by atoms with E-state index in [-0.39, 0.29) is 0 Å². The number of carbonyl (C=O) groups is 1. The molecule has 4 heteroatoms. The first kappa shape index (κ1) is 9.52. The van der Waals surface area contributed by atoms with Crippen LogP contribution < -0.4 is 4.74 Å². The molecule has 1 aromatic heterocycles. The Bertz CT molecular complexity index is 350. The number of rotatable bonds is 4. The molecule has 1 fully saturated rings. The van der Waals surface area contributed by atoms with Crippen LogP contribution in [0.4, 0.5) is 0 Å². The highest BCUT2D eigenvalue weighted by molar-refractivity contribution is 7.98. The zero-order valence-electron chi connectivity index (χ0n) is 7.90. The lowest BCUT2D eigenvalue weighted by molar-refractivity contribution is 0.111. The average molecular weight is 209 g/mol. The molecule has 0 radical (unpaired) electrons. The minimum atomic E-state index is 0.302. The molecule has 2 rings (SSSR count). The minimum absolute atomic E-state index is 0.302. The van der Waals surface area contributed by atoms with Crippen molar-refractivity contribution in [3.63, 3.8) is 0 Å². The summed E-state index contributed by atoms with van der Waals surface area (Å²) >= 11 is 1.52. The molecule has 0 aromatic carbocycles. The third-order valence-electron chi connectivity index (χ3n) is 2.00. The Morgan fingerprint density at radius 1 is 1.57 bits per heavy atom. The molecule has 0 bridgehead atoms. The fourth-order valence-electron chi connectivity index (χ4n) is 1.11. The minimum Gasteiger partial charge on any atom is -0.488 e. The van der Waals surface area contributed by atoms with E-state index < -0.39 is 0 Å². The van der Waals surface area contributed by atoms with Gasteiger partial charge < -0.3 is 4.74 Å². The second-order valence-corrected chi connectivity index (χ2v) is 4.00. The molecule has 1 aromatic rings. The standard InChI is InChI=1S/C10H11NO2S/c1-14-10-5-4-9(8(6-12)11-10)13-7-2-3-7/h4-7H,2-3H2,1H3. The van der Waals surface area contributed by atoms with Crippen LogP contribution in [0.3, 0.4) is 0 Å². The van der Waals surface area contributed by atoms with E-state index in [4.69, 9.17) is 4.74 Å². The van der Waals surface area contributed by atoms with Gasteiger partial charge in [-0.3, -0.25) is 4.79 Å². The highest BCUT2D eigenvalue weighted by Gasteiger charge is 2.24. The second-order valence-electron chi connectivity index (χ2n) is 3.17. The van der Waals surface area contributed by atoms with Crippen molar-refractivity contribution in [2.75, 3.05) is 6.26 Å². The van der Waals surface area contributed by atoms with E-state index in [2.05, 4.69) is 4.98 Å². The summed E-state index contributed by atoms with van der Waals surface area (Å²) < 4.78 is 5.54. The molecule has 1 saturated carbocycles. The van der Waals surface area contributed by atoms with Crippen LogP contribution in [0.1, 0.15) is 23.3 Å². The zero-order valence-corrected chi connectivity index (χ0v) is 8.71. The summed E-state index contributed by atoms with van der Waals surface area (Å²) in [6.45, 7) is 0. The predicted octanol–water partition coefficient (Wildman–Crippen LogP) is 2.16. The quantitative estimate of drug-likeness (QED) is 0.562. The van der Waals surface area contributed by atoms with Crippen LogP contribution in [-0.2, 0) is 0 Å². The van der Waals surface area contributed by atoms with Crippen molar-refractivity contribution in [1.82, 2.24) is 4.98 Å². The number of carbonyl (C=O) groups excluding carboxylic acids is 1. The molecule has 0 amide bonds. The van der Waals surface area contributed by atoms with Crippen molar-refractivity contribution in [1.29, 1.82) is 0 Å². The molecule has 1 aliphatic rings. The van der Waals surface area contributed by atoms with Gasteiger partial charge in [-0.15, -0.1) is 11.8 Å². The second kappa shape index (κ2) is 4.00. The zero-order chi connectivity index (χ0) is 9.97. The summed E-state index contributed by atoms with van der Waals surface area (Å²) in [5, 5.41) is 0.843. The molecule has 3 nitrogen and oxygen atoms in total. The Morgan fingerprint density at radius 3 is 2.93 bits per heavy atom. The first-order valence-corrected chi connectivity index (χ1v) is 5.73. The number of nitrogens with zero attached hydrogens (tertiary/aromatic N) is 1. The molecule has 0 saturated heterocycles. The van der Waals surface area contributed by atoms with Gasteiger partial charge in [0.25, 0.3) is 0 Å². The van der Waals surface area contributed by atoms with Gasteiger partial charge in [-0.25, -0.2) is 4.98 Å². The number of hydrogen-bond acceptors (Lipinski definition) is 4. The Kier molecular flexibility index (Phi) is 2.72. The molecular weight excluding hydrogens is 198 g/mol. The fraction of sp³-hybridized carbons (Fsp3) is 0.400. The third-order valence-corrected chi connectivity index (χ3v) is 2.64. The van der Waals surface area contributed by atoms with Gasteiger partial charge in [-0.1, -0.05) is 0 Å². The van der Waals surface area contributed by atoms with E-state index in [1.807, 2.05) is 18.4 Å². The van der Waals surface area contributed by atoms with Gasteiger partial charge in [-0.2, -0.15) is 0 Å². The fourth-order valence-corrected chi connectivity index (χ4v) is 1.50. The topological polar surface area (TPSA) is 39.2 Å². The first-order valence-electron chi connectivity index (χ1n) is 4.50. The van der Waals surface area contributed by atoms with Crippen LogP contribution in [-0.4, -0.2) is 23.6 Å². The van der Waals surface area contributed by atoms with Gasteiger partial charge in [-0.05, 0) is 31.2 Å². The molecule has 0 atom stereocenters. The molecule has 1 aliphatic carbocycles. The maximum atomic E-state index is 10.7. The van der Waals surface area contributed by atoms with Gasteiger partial charge >= 0.3 is 0 Å². The Morgan fingerprint density at radius 2 is 2.36 bits per heavy atom. The summed E-state index contributed by atoms with van der Waals surface area (Å²) in [6.07, 6.45) is 5.15. The number of ether oxygens (including phenoxy) is 1. The van der Waals surface area contributed by atoms with Crippen molar-refractivity contribution < 1.29 is 9.53 Å². The molecule has 0 unspecified atom stereocenters. The van der Waals surface area contributed by atoms with Gasteiger partial charge in [0.1, 0.15) is 11.4 Å². The summed E-state index contributed by atoms with van der Waals surface area (Å²) in [6, 6.07) is 3.69. The summed E-state index contributed by atoms with van der Waals surface area (Å²) in [4.78, 5) is 14.9. The number of aldehydes is 1. The van der Waals surface area contributed by atoms with Crippen LogP contribution in [0.5, 0.6) is 5.75 Å². The smallest absolute Gasteiger partial charge is 0.172 e. The summed E-state index contributed by atoms with van der Waals surface area (Å²) in [7, 11) is 0. The normalized spacial score (nSPS) is 15.2. The number of pyridine rings is 1. The molecule has 74 valence electrons. The van der Waals surface area contributed by atoms with E-state index in [1.54, 1.807) is 0 Å². The maximum Gasteiger partial charge on any atom is 0.172 e. The van der Waals surface area contributed by atoms with Gasteiger partial charge in [0, 0.05) is 0 Å². The number of hydrogen-bond donors (Lipinski definition) is 0. The van der Waals surface area contributed by atoms with Crippen LogP contribution >= 0.6 is 11.8 Å². The summed E-state index contributed by atoms with van der Waals surface area (Å²) in [5.41, 5.74) is 0.406. The highest BCUT2D eigenvalue weighted by atomic mass is 32.2. The van der Waals surface area contributed by atoms with E-state index in [0.29, 0.717) is 17.5 Å². The average Bonchev–Trinajstić information content (AvgIpc) is 3.02. The van der Waals surface area contributed by atoms with Crippen molar-refractivity contribution in [2.45, 2.75) is 24.0 Å². The molecule has 0 aliphatic heterocycles. The molecular formula is C10H11NO2S. The van der Waals surface area contributed by atoms with E-state index >= 15 is 0 Å². The molecule has 1 heterocycles. The highest BCUT2D eigenvalue weighted by Crippen LogP contribution is 2.28. The van der Waals surface area contributed by atoms with Crippen molar-refractivity contribution in [3.05, 3.63) is 17.8 Å². The van der Waals surface area contributed by atoms with E-state index in [0.717, 1.165) is 24.2 Å². The van der Waals surface area contributed by atoms with Crippen LogP contribution in [0.25, 0.3) is 0 Å². The molecule has 0 spiro atoms. The van der Waals surface area contributed by atoms with Gasteiger partial charge in [0.15, 0.2) is 6.29 Å². The summed E-state index contributed by atoms with van der Waals surface area (Å²) in [5.74, 6) is 0.611. The van der Waals surface area contributed by atoms with Gasteiger partial charge in [0.2, 0.25) is 0 Å². The monoisotopic (exact) mass is 209 g/mol. The van der Waals surface area contributed by atoms with Crippen LogP contribution in [0, 0.1) is 0 Å². The Balaban J connectivity index is 2.23. The Hall–Kier alpha value is -1.03. The predicted molar refractivity (Wildman–Crippen MR) is 55.1 cm³/mol. The Labute approximate surface area is 86.9 Å². The van der Waals surface area contributed by atoms with Crippen LogP contribution in [0.15, 0.2) is 17.2 Å². The SMILES string of the molecule is CSc1ccc(OC2CC2)c(C=O)n1. The van der Waals surface area contributed by atoms with Crippen LogP contribution in [0.2, 0.25) is 0 Å². The van der Waals surface area contributed by atoms with E-state index in [1.165, 1.54) is 11.8 Å². The largest absolute Gasteiger partial charge is 0.488 e. The molecule has 0 N–H and O–H groups in total. The first-order chi connectivity index (χ1) is 6.83. The lowest BCUT2D eigenvalue weighted by Crippen LogP contribution is -2.01. The number of aromatic nitrogens is 1. The lowest BCUT2D eigenvalue weighted by Gasteiger charge is -2.06. The maximum absolute atomic E-state index is 10.7. The third kappa shape index (κ3) is 2.07. The van der Waals surface area contributed by atoms with Crippen molar-refractivity contribution >= 4 is 18.0 Å². The van der Waals surface area contributed by atoms with E-state index in [9.17, 15) is 4.79 Å². The van der Waals surface area contributed by atoms with Crippen molar-refractivity contribution in [3.8, 4) is 5.75 Å². The van der Waals surface area contributed by atoms with Crippen molar-refractivity contribution in [2.24, 2.45) is 0 Å². The van der Waals surface area contributed by atoms with Gasteiger partial charge in [0.05, 0.1) is 11.1 Å². The lowest BCUT2D eigenvalue weighted by atomic mass is 10.3. The molecule has 14 heavy (non-hydrogen) atoms. The number of thioether (sulfide) groups is 1.